The number of amides is 1. The minimum atomic E-state index is 0.0442. The van der Waals surface area contributed by atoms with Crippen LogP contribution in [0.2, 0.25) is 0 Å². The highest BCUT2D eigenvalue weighted by atomic mass is 16.5. The van der Waals surface area contributed by atoms with E-state index in [9.17, 15) is 4.79 Å². The molecule has 4 atom stereocenters. The minimum Gasteiger partial charge on any atom is -0.472 e. The van der Waals surface area contributed by atoms with Crippen LogP contribution in [0.3, 0.4) is 0 Å². The summed E-state index contributed by atoms with van der Waals surface area (Å²) in [4.78, 5) is 17.3. The van der Waals surface area contributed by atoms with Crippen molar-refractivity contribution in [3.63, 3.8) is 0 Å². The normalized spacial score (nSPS) is 24.5. The van der Waals surface area contributed by atoms with Crippen molar-refractivity contribution in [1.29, 1.82) is 0 Å². The summed E-state index contributed by atoms with van der Waals surface area (Å²) < 4.78 is 11.7. The summed E-state index contributed by atoms with van der Waals surface area (Å²) in [5, 5.41) is 4.00. The SMILES string of the molecule is CCN(CC)C(=O)c1ccc2c(c1)Oc1ccccc1N2C1CC2CCC(N1)C2Cc1ccoc1. The number of ether oxygens (including phenoxy) is 1. The molecule has 1 saturated carbocycles. The summed E-state index contributed by atoms with van der Waals surface area (Å²) in [5.41, 5.74) is 4.06. The molecular formula is C29H33N3O3. The number of anilines is 2. The maximum absolute atomic E-state index is 13.0. The highest BCUT2D eigenvalue weighted by Crippen LogP contribution is 2.51. The van der Waals surface area contributed by atoms with Gasteiger partial charge in [-0.3, -0.25) is 10.1 Å². The van der Waals surface area contributed by atoms with Gasteiger partial charge in [-0.05, 0) is 93.3 Å². The topological polar surface area (TPSA) is 58.0 Å². The molecule has 0 spiro atoms. The zero-order valence-corrected chi connectivity index (χ0v) is 20.4. The summed E-state index contributed by atoms with van der Waals surface area (Å²) in [6, 6.07) is 16.7. The van der Waals surface area contributed by atoms with Gasteiger partial charge in [-0.1, -0.05) is 12.1 Å². The van der Waals surface area contributed by atoms with Crippen LogP contribution < -0.4 is 15.0 Å². The second-order valence-corrected chi connectivity index (χ2v) is 9.96. The van der Waals surface area contributed by atoms with Crippen LogP contribution in [0.4, 0.5) is 11.4 Å². The van der Waals surface area contributed by atoms with Crippen LogP contribution in [0.1, 0.15) is 49.0 Å². The first-order valence-electron chi connectivity index (χ1n) is 12.9. The van der Waals surface area contributed by atoms with Crippen LogP contribution in [-0.2, 0) is 6.42 Å². The number of carbonyl (C=O) groups is 1. The Hall–Kier alpha value is -3.25. The molecule has 1 N–H and O–H groups in total. The van der Waals surface area contributed by atoms with Crippen molar-refractivity contribution in [3.05, 3.63) is 72.2 Å². The van der Waals surface area contributed by atoms with Gasteiger partial charge in [0.25, 0.3) is 5.91 Å². The van der Waals surface area contributed by atoms with Gasteiger partial charge in [0, 0.05) is 24.7 Å². The summed E-state index contributed by atoms with van der Waals surface area (Å²) in [5.74, 6) is 2.93. The smallest absolute Gasteiger partial charge is 0.253 e. The van der Waals surface area contributed by atoms with Crippen LogP contribution in [0.25, 0.3) is 0 Å². The second kappa shape index (κ2) is 9.08. The molecule has 2 aromatic carbocycles. The number of carbonyl (C=O) groups excluding carboxylic acids is 1. The van der Waals surface area contributed by atoms with Crippen molar-refractivity contribution >= 4 is 17.3 Å². The van der Waals surface area contributed by atoms with Gasteiger partial charge in [0.15, 0.2) is 11.5 Å². The van der Waals surface area contributed by atoms with Crippen LogP contribution in [0, 0.1) is 11.8 Å². The molecular weight excluding hydrogens is 438 g/mol. The van der Waals surface area contributed by atoms with Gasteiger partial charge >= 0.3 is 0 Å². The quantitative estimate of drug-likeness (QED) is 0.481. The maximum atomic E-state index is 13.0. The first kappa shape index (κ1) is 22.2. The average Bonchev–Trinajstić information content (AvgIpc) is 3.47. The summed E-state index contributed by atoms with van der Waals surface area (Å²) in [7, 11) is 0. The molecule has 1 aromatic heterocycles. The summed E-state index contributed by atoms with van der Waals surface area (Å²) in [6.07, 6.45) is 8.45. The Morgan fingerprint density at radius 3 is 2.66 bits per heavy atom. The van der Waals surface area contributed by atoms with Gasteiger partial charge in [0.2, 0.25) is 0 Å². The van der Waals surface area contributed by atoms with E-state index in [2.05, 4.69) is 34.5 Å². The Morgan fingerprint density at radius 1 is 1.06 bits per heavy atom. The van der Waals surface area contributed by atoms with Crippen LogP contribution >= 0.6 is 0 Å². The fraction of sp³-hybridized carbons (Fsp3) is 0.414. The molecule has 6 nitrogen and oxygen atoms in total. The molecule has 2 bridgehead atoms. The molecule has 6 heteroatoms. The minimum absolute atomic E-state index is 0.0442. The third kappa shape index (κ3) is 3.90. The Morgan fingerprint density at radius 2 is 1.89 bits per heavy atom. The lowest BCUT2D eigenvalue weighted by molar-refractivity contribution is 0.0772. The Bertz CT molecular complexity index is 1190. The van der Waals surface area contributed by atoms with Crippen molar-refractivity contribution < 1.29 is 13.9 Å². The van der Waals surface area contributed by atoms with Crippen LogP contribution in [-0.4, -0.2) is 36.1 Å². The largest absolute Gasteiger partial charge is 0.472 e. The number of hydrogen-bond acceptors (Lipinski definition) is 5. The number of hydrogen-bond donors (Lipinski definition) is 1. The predicted molar refractivity (Wildman–Crippen MR) is 136 cm³/mol. The number of nitrogens with zero attached hydrogens (tertiary/aromatic N) is 2. The fourth-order valence-corrected chi connectivity index (χ4v) is 6.37. The molecule has 35 heavy (non-hydrogen) atoms. The molecule has 2 fully saturated rings. The van der Waals surface area contributed by atoms with E-state index in [1.165, 1.54) is 18.4 Å². The van der Waals surface area contributed by atoms with Crippen molar-refractivity contribution in [2.75, 3.05) is 18.0 Å². The van der Waals surface area contributed by atoms with Crippen LogP contribution in [0.5, 0.6) is 11.5 Å². The summed E-state index contributed by atoms with van der Waals surface area (Å²) >= 11 is 0. The molecule has 3 aliphatic rings. The molecule has 4 unspecified atom stereocenters. The molecule has 1 amide bonds. The van der Waals surface area contributed by atoms with Crippen molar-refractivity contribution in [1.82, 2.24) is 10.2 Å². The Balaban J connectivity index is 1.32. The van der Waals surface area contributed by atoms with E-state index in [4.69, 9.17) is 9.15 Å². The van der Waals surface area contributed by atoms with Crippen molar-refractivity contribution in [2.24, 2.45) is 11.8 Å². The van der Waals surface area contributed by atoms with Gasteiger partial charge in [0.05, 0.1) is 30.1 Å². The number of nitrogens with one attached hydrogen (secondary N) is 1. The van der Waals surface area contributed by atoms with E-state index < -0.39 is 0 Å². The Labute approximate surface area is 206 Å². The first-order valence-corrected chi connectivity index (χ1v) is 12.9. The maximum Gasteiger partial charge on any atom is 0.253 e. The Kier molecular flexibility index (Phi) is 5.77. The summed E-state index contributed by atoms with van der Waals surface area (Å²) in [6.45, 7) is 5.41. The van der Waals surface area contributed by atoms with Gasteiger partial charge in [-0.15, -0.1) is 0 Å². The lowest BCUT2D eigenvalue weighted by Crippen LogP contribution is -2.54. The zero-order valence-electron chi connectivity index (χ0n) is 20.4. The van der Waals surface area contributed by atoms with Gasteiger partial charge < -0.3 is 19.0 Å². The van der Waals surface area contributed by atoms with Crippen molar-refractivity contribution in [3.8, 4) is 11.5 Å². The monoisotopic (exact) mass is 471 g/mol. The van der Waals surface area contributed by atoms with E-state index in [0.717, 1.165) is 35.7 Å². The van der Waals surface area contributed by atoms with E-state index >= 15 is 0 Å². The first-order chi connectivity index (χ1) is 17.2. The van der Waals surface area contributed by atoms with Crippen molar-refractivity contribution in [2.45, 2.75) is 51.7 Å². The molecule has 182 valence electrons. The van der Waals surface area contributed by atoms with Crippen LogP contribution in [0.15, 0.2) is 65.5 Å². The number of rotatable bonds is 6. The number of benzene rings is 2. The fourth-order valence-electron chi connectivity index (χ4n) is 6.37. The molecule has 1 saturated heterocycles. The molecule has 3 heterocycles. The van der Waals surface area contributed by atoms with E-state index in [1.807, 2.05) is 49.3 Å². The van der Waals surface area contributed by atoms with E-state index in [1.54, 1.807) is 6.26 Å². The zero-order chi connectivity index (χ0) is 23.9. The lowest BCUT2D eigenvalue weighted by atomic mass is 9.82. The third-order valence-electron chi connectivity index (χ3n) is 8.13. The number of para-hydroxylation sites is 2. The third-order valence-corrected chi connectivity index (χ3v) is 8.13. The highest BCUT2D eigenvalue weighted by molar-refractivity contribution is 5.96. The molecule has 2 aliphatic heterocycles. The highest BCUT2D eigenvalue weighted by Gasteiger charge is 2.45. The number of fused-ring (bicyclic) bond motifs is 4. The number of furan rings is 1. The average molecular weight is 472 g/mol. The van der Waals surface area contributed by atoms with Gasteiger partial charge in [0.1, 0.15) is 0 Å². The lowest BCUT2D eigenvalue weighted by Gasteiger charge is -2.45. The molecule has 1 aliphatic carbocycles. The molecule has 3 aromatic rings. The van der Waals surface area contributed by atoms with E-state index in [-0.39, 0.29) is 12.1 Å². The second-order valence-electron chi connectivity index (χ2n) is 9.96. The predicted octanol–water partition coefficient (Wildman–Crippen LogP) is 5.96. The molecule has 0 radical (unpaired) electrons. The van der Waals surface area contributed by atoms with Gasteiger partial charge in [-0.25, -0.2) is 0 Å². The van der Waals surface area contributed by atoms with Gasteiger partial charge in [-0.2, -0.15) is 0 Å². The van der Waals surface area contributed by atoms with E-state index in [0.29, 0.717) is 36.5 Å². The molecule has 6 rings (SSSR count). The number of piperidine rings is 1. The standard InChI is InChI=1S/C29H33N3O3/c1-3-31(4-2)29(33)21-10-12-25-27(16-21)35-26-8-6-5-7-24(26)32(25)28-17-20-9-11-23(30-28)22(20)15-19-13-14-34-18-19/h5-8,10,12-14,16,18,20,22-23,28,30H,3-4,9,11,15,17H2,1-2H3.